The lowest BCUT2D eigenvalue weighted by atomic mass is 9.76. The molecule has 0 radical (unpaired) electrons. The summed E-state index contributed by atoms with van der Waals surface area (Å²) in [6, 6.07) is 12.9. The second-order valence-corrected chi connectivity index (χ2v) is 6.11. The molecular weight excluding hydrogens is 289 g/mol. The van der Waals surface area contributed by atoms with E-state index >= 15 is 0 Å². The highest BCUT2D eigenvalue weighted by Gasteiger charge is 2.35. The summed E-state index contributed by atoms with van der Waals surface area (Å²) in [6.45, 7) is 1.08. The molecule has 0 saturated carbocycles. The molecule has 1 atom stereocenters. The standard InChI is InChI=1S/C17H17ClFNO/c18-14-7-12(5-6-15(14)19)8-17(10-20)9-13-3-1-2-4-16(13)21-11-17/h1-7H,8-11,20H2. The predicted molar refractivity (Wildman–Crippen MR) is 82.2 cm³/mol. The van der Waals surface area contributed by atoms with Gasteiger partial charge in [-0.05, 0) is 42.2 Å². The normalized spacial score (nSPS) is 20.7. The molecular formula is C17H17ClFNO. The Morgan fingerprint density at radius 2 is 2.05 bits per heavy atom. The number of para-hydroxylation sites is 1. The van der Waals surface area contributed by atoms with Gasteiger partial charge < -0.3 is 10.5 Å². The van der Waals surface area contributed by atoms with Crippen LogP contribution in [0.15, 0.2) is 42.5 Å². The van der Waals surface area contributed by atoms with Gasteiger partial charge in [-0.15, -0.1) is 0 Å². The number of hydrogen-bond donors (Lipinski definition) is 1. The van der Waals surface area contributed by atoms with Crippen molar-refractivity contribution in [2.75, 3.05) is 13.2 Å². The van der Waals surface area contributed by atoms with Crippen molar-refractivity contribution in [1.29, 1.82) is 0 Å². The molecule has 2 aromatic carbocycles. The third-order valence-electron chi connectivity index (χ3n) is 4.07. The minimum Gasteiger partial charge on any atom is -0.493 e. The minimum absolute atomic E-state index is 0.150. The molecule has 0 bridgehead atoms. The van der Waals surface area contributed by atoms with Crippen LogP contribution in [0.25, 0.3) is 0 Å². The Hall–Kier alpha value is -1.58. The minimum atomic E-state index is -0.396. The van der Waals surface area contributed by atoms with Crippen LogP contribution in [0.3, 0.4) is 0 Å². The number of hydrogen-bond acceptors (Lipinski definition) is 2. The molecule has 1 unspecified atom stereocenters. The number of fused-ring (bicyclic) bond motifs is 1. The average Bonchev–Trinajstić information content (AvgIpc) is 2.51. The zero-order valence-electron chi connectivity index (χ0n) is 11.6. The van der Waals surface area contributed by atoms with Crippen molar-refractivity contribution in [3.63, 3.8) is 0 Å². The summed E-state index contributed by atoms with van der Waals surface area (Å²) in [5.41, 5.74) is 8.00. The summed E-state index contributed by atoms with van der Waals surface area (Å²) >= 11 is 5.86. The maximum atomic E-state index is 13.3. The molecule has 1 aliphatic heterocycles. The van der Waals surface area contributed by atoms with Crippen LogP contribution < -0.4 is 10.5 Å². The van der Waals surface area contributed by atoms with Crippen molar-refractivity contribution in [2.45, 2.75) is 12.8 Å². The first-order valence-corrected chi connectivity index (χ1v) is 7.34. The zero-order valence-corrected chi connectivity index (χ0v) is 12.4. The number of benzene rings is 2. The fourth-order valence-corrected chi connectivity index (χ4v) is 3.08. The largest absolute Gasteiger partial charge is 0.493 e. The third-order valence-corrected chi connectivity index (χ3v) is 4.36. The summed E-state index contributed by atoms with van der Waals surface area (Å²) in [5.74, 6) is 0.533. The SMILES string of the molecule is NCC1(Cc2ccc(F)c(Cl)c2)COc2ccccc2C1. The van der Waals surface area contributed by atoms with E-state index in [1.165, 1.54) is 11.6 Å². The molecule has 21 heavy (non-hydrogen) atoms. The molecule has 0 amide bonds. The van der Waals surface area contributed by atoms with E-state index in [-0.39, 0.29) is 10.4 Å². The molecule has 2 N–H and O–H groups in total. The first kappa shape index (κ1) is 14.4. The van der Waals surface area contributed by atoms with E-state index < -0.39 is 5.82 Å². The van der Waals surface area contributed by atoms with Crippen LogP contribution in [0, 0.1) is 11.2 Å². The molecule has 0 spiro atoms. The number of nitrogens with two attached hydrogens (primary N) is 1. The molecule has 1 aliphatic rings. The van der Waals surface area contributed by atoms with Gasteiger partial charge in [0.1, 0.15) is 11.6 Å². The van der Waals surface area contributed by atoms with Gasteiger partial charge in [0, 0.05) is 12.0 Å². The van der Waals surface area contributed by atoms with Gasteiger partial charge in [0.2, 0.25) is 0 Å². The second-order valence-electron chi connectivity index (χ2n) is 5.70. The number of rotatable bonds is 3. The highest BCUT2D eigenvalue weighted by molar-refractivity contribution is 6.30. The van der Waals surface area contributed by atoms with E-state index in [4.69, 9.17) is 22.1 Å². The van der Waals surface area contributed by atoms with Gasteiger partial charge in [0.05, 0.1) is 11.6 Å². The van der Waals surface area contributed by atoms with Crippen molar-refractivity contribution < 1.29 is 9.13 Å². The summed E-state index contributed by atoms with van der Waals surface area (Å²) in [6.07, 6.45) is 1.58. The molecule has 0 fully saturated rings. The molecule has 0 aliphatic carbocycles. The van der Waals surface area contributed by atoms with Gasteiger partial charge in [0.15, 0.2) is 0 Å². The maximum absolute atomic E-state index is 13.3. The average molecular weight is 306 g/mol. The second kappa shape index (κ2) is 5.66. The van der Waals surface area contributed by atoms with E-state index in [1.807, 2.05) is 18.2 Å². The van der Waals surface area contributed by atoms with Gasteiger partial charge in [-0.1, -0.05) is 35.9 Å². The van der Waals surface area contributed by atoms with Gasteiger partial charge in [-0.25, -0.2) is 4.39 Å². The fourth-order valence-electron chi connectivity index (χ4n) is 2.88. The zero-order chi connectivity index (χ0) is 14.9. The van der Waals surface area contributed by atoms with E-state index in [2.05, 4.69) is 6.07 Å². The third kappa shape index (κ3) is 2.89. The van der Waals surface area contributed by atoms with Gasteiger partial charge in [0.25, 0.3) is 0 Å². The van der Waals surface area contributed by atoms with Crippen molar-refractivity contribution in [3.8, 4) is 5.75 Å². The molecule has 4 heteroatoms. The Kier molecular flexibility index (Phi) is 3.87. The van der Waals surface area contributed by atoms with Crippen molar-refractivity contribution >= 4 is 11.6 Å². The highest BCUT2D eigenvalue weighted by Crippen LogP contribution is 2.36. The lowest BCUT2D eigenvalue weighted by Crippen LogP contribution is -2.43. The van der Waals surface area contributed by atoms with Crippen LogP contribution >= 0.6 is 11.6 Å². The van der Waals surface area contributed by atoms with Crippen LogP contribution in [0.1, 0.15) is 11.1 Å². The van der Waals surface area contributed by atoms with Gasteiger partial charge in [-0.3, -0.25) is 0 Å². The summed E-state index contributed by atoms with van der Waals surface area (Å²) in [5, 5.41) is 0.150. The summed E-state index contributed by atoms with van der Waals surface area (Å²) < 4.78 is 19.1. The van der Waals surface area contributed by atoms with Crippen LogP contribution in [0.4, 0.5) is 4.39 Å². The predicted octanol–water partition coefficient (Wildman–Crippen LogP) is 3.60. The Bertz CT molecular complexity index is 661. The molecule has 1 heterocycles. The number of halogens is 2. The first-order valence-electron chi connectivity index (χ1n) is 6.97. The monoisotopic (exact) mass is 305 g/mol. The van der Waals surface area contributed by atoms with Crippen molar-refractivity contribution in [3.05, 3.63) is 64.4 Å². The van der Waals surface area contributed by atoms with Crippen molar-refractivity contribution in [2.24, 2.45) is 11.1 Å². The van der Waals surface area contributed by atoms with Crippen molar-refractivity contribution in [1.82, 2.24) is 0 Å². The lowest BCUT2D eigenvalue weighted by molar-refractivity contribution is 0.126. The fraction of sp³-hybridized carbons (Fsp3) is 0.294. The van der Waals surface area contributed by atoms with E-state index in [0.29, 0.717) is 13.2 Å². The Labute approximate surface area is 128 Å². The Balaban J connectivity index is 1.86. The molecule has 2 nitrogen and oxygen atoms in total. The molecule has 3 rings (SSSR count). The molecule has 0 saturated heterocycles. The van der Waals surface area contributed by atoms with Gasteiger partial charge in [-0.2, -0.15) is 0 Å². The lowest BCUT2D eigenvalue weighted by Gasteiger charge is -2.37. The van der Waals surface area contributed by atoms with Crippen LogP contribution in [-0.4, -0.2) is 13.2 Å². The molecule has 2 aromatic rings. The highest BCUT2D eigenvalue weighted by atomic mass is 35.5. The number of ether oxygens (including phenoxy) is 1. The summed E-state index contributed by atoms with van der Waals surface area (Å²) in [4.78, 5) is 0. The van der Waals surface area contributed by atoms with Crippen LogP contribution in [-0.2, 0) is 12.8 Å². The quantitative estimate of drug-likeness (QED) is 0.940. The Morgan fingerprint density at radius 1 is 1.24 bits per heavy atom. The smallest absolute Gasteiger partial charge is 0.141 e. The van der Waals surface area contributed by atoms with E-state index in [1.54, 1.807) is 12.1 Å². The van der Waals surface area contributed by atoms with E-state index in [0.717, 1.165) is 24.2 Å². The first-order chi connectivity index (χ1) is 10.1. The van der Waals surface area contributed by atoms with Crippen LogP contribution in [0.5, 0.6) is 5.75 Å². The van der Waals surface area contributed by atoms with Gasteiger partial charge >= 0.3 is 0 Å². The van der Waals surface area contributed by atoms with Crippen LogP contribution in [0.2, 0.25) is 5.02 Å². The molecule has 110 valence electrons. The summed E-state index contributed by atoms with van der Waals surface area (Å²) in [7, 11) is 0. The van der Waals surface area contributed by atoms with E-state index in [9.17, 15) is 4.39 Å². The molecule has 0 aromatic heterocycles. The maximum Gasteiger partial charge on any atom is 0.141 e. The topological polar surface area (TPSA) is 35.2 Å². The Morgan fingerprint density at radius 3 is 2.81 bits per heavy atom.